The van der Waals surface area contributed by atoms with E-state index in [9.17, 15) is 19.2 Å². The molecule has 402 valence electrons. The number of carbonyl (C=O) groups is 4. The molecule has 4 amide bonds. The van der Waals surface area contributed by atoms with Crippen LogP contribution < -0.4 is 21.3 Å². The van der Waals surface area contributed by atoms with Crippen molar-refractivity contribution in [1.82, 2.24) is 70.9 Å². The number of benzene rings is 1. The second kappa shape index (κ2) is 28.6. The van der Waals surface area contributed by atoms with E-state index in [-0.39, 0.29) is 48.1 Å². The van der Waals surface area contributed by atoms with Gasteiger partial charge in [-0.3, -0.25) is 68.8 Å². The van der Waals surface area contributed by atoms with Gasteiger partial charge in [-0.05, 0) is 122 Å². The number of pyridine rings is 8. The van der Waals surface area contributed by atoms with Gasteiger partial charge in [0.25, 0.3) is 23.6 Å². The minimum absolute atomic E-state index is 0.221. The van der Waals surface area contributed by atoms with Crippen molar-refractivity contribution in [3.63, 3.8) is 0 Å². The maximum atomic E-state index is 13.3. The van der Waals surface area contributed by atoms with E-state index >= 15 is 0 Å². The number of carbonyl (C=O) groups excluding carboxylic acids is 4. The first-order valence-electron chi connectivity index (χ1n) is 26.4. The molecule has 0 saturated carbocycles. The maximum Gasteiger partial charge on any atom is 0.252 e. The van der Waals surface area contributed by atoms with Gasteiger partial charge in [-0.25, -0.2) is 0 Å². The first kappa shape index (κ1) is 55.0. The Morgan fingerprint density at radius 1 is 0.325 bits per heavy atom. The Morgan fingerprint density at radius 2 is 0.625 bits per heavy atom. The van der Waals surface area contributed by atoms with Gasteiger partial charge in [0, 0.05) is 102 Å². The lowest BCUT2D eigenvalue weighted by atomic mass is 10.1. The van der Waals surface area contributed by atoms with Crippen LogP contribution in [0.2, 0.25) is 0 Å². The minimum atomic E-state index is -0.415. The summed E-state index contributed by atoms with van der Waals surface area (Å²) in [6.07, 6.45) is 14.6. The summed E-state index contributed by atoms with van der Waals surface area (Å²) in [4.78, 5) is 94.7. The van der Waals surface area contributed by atoms with Crippen LogP contribution in [-0.4, -0.2) is 99.5 Å². The number of rotatable bonds is 26. The first-order valence-corrected chi connectivity index (χ1v) is 26.4. The van der Waals surface area contributed by atoms with E-state index in [1.807, 2.05) is 121 Å². The highest BCUT2D eigenvalue weighted by molar-refractivity contribution is 6.07. The highest BCUT2D eigenvalue weighted by Gasteiger charge is 2.28. The smallest absolute Gasteiger partial charge is 0.252 e. The van der Waals surface area contributed by atoms with Gasteiger partial charge in [-0.15, -0.1) is 0 Å². The van der Waals surface area contributed by atoms with Gasteiger partial charge >= 0.3 is 0 Å². The molecule has 0 spiro atoms. The molecule has 0 bridgehead atoms. The summed E-state index contributed by atoms with van der Waals surface area (Å²) in [6, 6.07) is 48.1. The topological polar surface area (TPSA) is 226 Å². The Balaban J connectivity index is 0.711. The zero-order chi connectivity index (χ0) is 55.1. The van der Waals surface area contributed by atoms with Crippen molar-refractivity contribution in [2.75, 3.05) is 26.2 Å². The Hall–Kier alpha value is -9.78. The molecule has 18 heteroatoms. The monoisotopic (exact) mass is 1060 g/mol. The molecule has 8 heterocycles. The third-order valence-corrected chi connectivity index (χ3v) is 13.0. The largest absolute Gasteiger partial charge is 0.352 e. The van der Waals surface area contributed by atoms with Gasteiger partial charge in [0.1, 0.15) is 0 Å². The fourth-order valence-corrected chi connectivity index (χ4v) is 9.06. The van der Waals surface area contributed by atoms with Crippen LogP contribution in [0.1, 0.15) is 112 Å². The molecule has 0 saturated heterocycles. The van der Waals surface area contributed by atoms with Crippen LogP contribution in [0.15, 0.2) is 207 Å². The maximum absolute atomic E-state index is 13.3. The number of nitrogens with one attached hydrogen (secondary N) is 4. The summed E-state index contributed by atoms with van der Waals surface area (Å²) >= 11 is 0. The van der Waals surface area contributed by atoms with Crippen molar-refractivity contribution in [3.05, 3.63) is 275 Å². The summed E-state index contributed by atoms with van der Waals surface area (Å²) in [5.41, 5.74) is 7.82. The van der Waals surface area contributed by atoms with Crippen molar-refractivity contribution in [3.8, 4) is 0 Å². The Labute approximate surface area is 464 Å². The molecule has 4 N–H and O–H groups in total. The van der Waals surface area contributed by atoms with Crippen molar-refractivity contribution in [1.29, 1.82) is 0 Å². The third kappa shape index (κ3) is 15.5. The molecule has 0 aliphatic heterocycles. The second-order valence-corrected chi connectivity index (χ2v) is 18.6. The molecule has 8 aromatic heterocycles. The third-order valence-electron chi connectivity index (χ3n) is 13.0. The average molecular weight is 1070 g/mol. The van der Waals surface area contributed by atoms with E-state index in [0.717, 1.165) is 45.6 Å². The standard InChI is InChI=1S/C62H60N14O4/c77-59(45-25-27-49(73-39-45)43-75(41-47-17-3-9-29-63-47)57(53-21-5-11-31-65-53)54-22-6-12-32-66-54)69-35-15-37-71-61(79)51-19-1-2-20-52(51)62(80)72-38-16-36-70-60(78)46-26-28-50(74-40-46)44-76(42-48-18-4-10-30-64-48)58(55-23-7-13-33-67-55)56-24-8-14-34-68-56/h1-14,17-34,39-40,57-58H,15-16,35-38,41-44H2,(H,69,77)(H,70,78)(H,71,79)(H,72,80). The molecule has 0 radical (unpaired) electrons. The van der Waals surface area contributed by atoms with Gasteiger partial charge in [0.15, 0.2) is 0 Å². The van der Waals surface area contributed by atoms with E-state index in [1.165, 1.54) is 0 Å². The number of hydrogen-bond acceptors (Lipinski definition) is 14. The molecular weight excluding hydrogens is 1000 g/mol. The summed E-state index contributed by atoms with van der Waals surface area (Å²) in [7, 11) is 0. The van der Waals surface area contributed by atoms with Crippen molar-refractivity contribution in [2.24, 2.45) is 0 Å². The molecular formula is C62H60N14O4. The van der Waals surface area contributed by atoms with Gasteiger partial charge in [0.2, 0.25) is 0 Å². The lowest BCUT2D eigenvalue weighted by molar-refractivity contribution is 0.0915. The van der Waals surface area contributed by atoms with Crippen LogP contribution in [0.25, 0.3) is 0 Å². The lowest BCUT2D eigenvalue weighted by Crippen LogP contribution is -2.33. The van der Waals surface area contributed by atoms with Crippen LogP contribution in [0.4, 0.5) is 0 Å². The van der Waals surface area contributed by atoms with E-state index in [1.54, 1.807) is 86.0 Å². The summed E-state index contributed by atoms with van der Waals surface area (Å²) in [6.45, 7) is 2.95. The predicted octanol–water partition coefficient (Wildman–Crippen LogP) is 7.53. The van der Waals surface area contributed by atoms with E-state index in [0.29, 0.717) is 63.2 Å². The average Bonchev–Trinajstić information content (AvgIpc) is 3.52. The van der Waals surface area contributed by atoms with Crippen molar-refractivity contribution < 1.29 is 19.2 Å². The fraction of sp³-hybridized carbons (Fsp3) is 0.194. The molecule has 1 aromatic carbocycles. The van der Waals surface area contributed by atoms with Crippen molar-refractivity contribution in [2.45, 2.75) is 51.1 Å². The van der Waals surface area contributed by atoms with Gasteiger partial charge in [0.05, 0.1) is 79.9 Å². The number of hydrogen-bond donors (Lipinski definition) is 4. The molecule has 0 unspecified atom stereocenters. The van der Waals surface area contributed by atoms with Gasteiger partial charge in [-0.2, -0.15) is 0 Å². The van der Waals surface area contributed by atoms with Crippen LogP contribution in [0, 0.1) is 0 Å². The Bertz CT molecular complexity index is 3070. The molecule has 0 atom stereocenters. The highest BCUT2D eigenvalue weighted by Crippen LogP contribution is 2.30. The van der Waals surface area contributed by atoms with Crippen LogP contribution in [-0.2, 0) is 26.2 Å². The summed E-state index contributed by atoms with van der Waals surface area (Å²) in [5, 5.41) is 11.5. The molecule has 9 aromatic rings. The lowest BCUT2D eigenvalue weighted by Gasteiger charge is -2.30. The SMILES string of the molecule is O=C(NCCCNC(=O)c1ccccc1C(=O)NCCCNC(=O)c1ccc(CN(Cc2ccccn2)C(c2ccccn2)c2ccccn2)nc1)c1ccc(CN(Cc2ccccn2)C(c2ccccn2)c2ccccn2)nc1. The predicted molar refractivity (Wildman–Crippen MR) is 301 cm³/mol. The van der Waals surface area contributed by atoms with Crippen molar-refractivity contribution >= 4 is 23.6 Å². The van der Waals surface area contributed by atoms with E-state index in [2.05, 4.69) is 51.0 Å². The molecule has 0 fully saturated rings. The summed E-state index contributed by atoms with van der Waals surface area (Å²) in [5.74, 6) is -1.42. The zero-order valence-corrected chi connectivity index (χ0v) is 44.0. The van der Waals surface area contributed by atoms with E-state index in [4.69, 9.17) is 19.9 Å². The molecule has 0 aliphatic rings. The van der Waals surface area contributed by atoms with Crippen LogP contribution >= 0.6 is 0 Å². The number of amides is 4. The number of nitrogens with zero attached hydrogens (tertiary/aromatic N) is 10. The normalized spacial score (nSPS) is 11.2. The van der Waals surface area contributed by atoms with E-state index < -0.39 is 11.8 Å². The summed E-state index contributed by atoms with van der Waals surface area (Å²) < 4.78 is 0. The molecule has 9 rings (SSSR count). The molecule has 80 heavy (non-hydrogen) atoms. The second-order valence-electron chi connectivity index (χ2n) is 18.6. The first-order chi connectivity index (χ1) is 39.4. The number of aromatic nitrogens is 8. The molecule has 0 aliphatic carbocycles. The van der Waals surface area contributed by atoms with Crippen LogP contribution in [0.5, 0.6) is 0 Å². The minimum Gasteiger partial charge on any atom is -0.352 e. The van der Waals surface area contributed by atoms with Gasteiger partial charge < -0.3 is 21.3 Å². The van der Waals surface area contributed by atoms with Crippen LogP contribution in [0.3, 0.4) is 0 Å². The Kier molecular flexibility index (Phi) is 19.6. The van der Waals surface area contributed by atoms with Gasteiger partial charge in [-0.1, -0.05) is 48.5 Å². The fourth-order valence-electron chi connectivity index (χ4n) is 9.06. The molecule has 18 nitrogen and oxygen atoms in total. The highest BCUT2D eigenvalue weighted by atomic mass is 16.2. The zero-order valence-electron chi connectivity index (χ0n) is 44.0. The Morgan fingerprint density at radius 3 is 0.912 bits per heavy atom. The quantitative estimate of drug-likeness (QED) is 0.0385.